The number of hydrogen-bond donors (Lipinski definition) is 0. The Balaban J connectivity index is 1.81. The van der Waals surface area contributed by atoms with Gasteiger partial charge < -0.3 is 18.9 Å². The largest absolute Gasteiger partial charge is 0.459 e. The van der Waals surface area contributed by atoms with Crippen molar-refractivity contribution in [3.63, 3.8) is 0 Å². The summed E-state index contributed by atoms with van der Waals surface area (Å²) in [7, 11) is 1.47. The molecule has 3 aromatic rings. The molecule has 0 saturated carbocycles. The average Bonchev–Trinajstić information content (AvgIpc) is 2.98. The molecule has 43 heavy (non-hydrogen) atoms. The van der Waals surface area contributed by atoms with Gasteiger partial charge in [-0.2, -0.15) is 26.3 Å². The van der Waals surface area contributed by atoms with Crippen LogP contribution in [-0.2, 0) is 39.7 Å². The molecule has 0 saturated heterocycles. The summed E-state index contributed by atoms with van der Waals surface area (Å²) < 4.78 is 105. The van der Waals surface area contributed by atoms with Crippen molar-refractivity contribution in [2.75, 3.05) is 20.8 Å². The lowest BCUT2D eigenvalue weighted by Crippen LogP contribution is -2.52. The normalized spacial score (nSPS) is 15.7. The lowest BCUT2D eigenvalue weighted by molar-refractivity contribution is -0.278. The zero-order chi connectivity index (χ0) is 31.7. The molecule has 0 amide bonds. The Bertz CT molecular complexity index is 1360. The van der Waals surface area contributed by atoms with E-state index in [9.17, 15) is 35.9 Å². The van der Waals surface area contributed by atoms with Crippen LogP contribution in [-0.4, -0.2) is 45.1 Å². The fraction of sp³-hybridized carbons (Fsp3) is 0.290. The van der Waals surface area contributed by atoms with Crippen LogP contribution in [0.2, 0.25) is 0 Å². The van der Waals surface area contributed by atoms with Crippen LogP contribution in [0.5, 0.6) is 0 Å². The first kappa shape index (κ1) is 33.3. The second-order valence-electron chi connectivity index (χ2n) is 9.11. The van der Waals surface area contributed by atoms with Gasteiger partial charge in [0.1, 0.15) is 12.7 Å². The fourth-order valence-corrected chi connectivity index (χ4v) is 4.42. The molecule has 0 N–H and O–H groups in total. The molecule has 0 aromatic heterocycles. The van der Waals surface area contributed by atoms with Crippen molar-refractivity contribution in [1.82, 2.24) is 0 Å². The highest BCUT2D eigenvalue weighted by Crippen LogP contribution is 2.45. The number of halogens is 6. The molecule has 3 rings (SSSR count). The summed E-state index contributed by atoms with van der Waals surface area (Å²) in [6.07, 6.45) is -9.37. The molecule has 6 nitrogen and oxygen atoms in total. The number of rotatable bonds is 12. The van der Waals surface area contributed by atoms with Crippen LogP contribution >= 0.6 is 0 Å². The Morgan fingerprint density at radius 1 is 0.651 bits per heavy atom. The summed E-state index contributed by atoms with van der Waals surface area (Å²) >= 11 is 0. The van der Waals surface area contributed by atoms with Crippen LogP contribution in [0.4, 0.5) is 26.3 Å². The van der Waals surface area contributed by atoms with Gasteiger partial charge in [-0.1, -0.05) is 103 Å². The molecule has 0 radical (unpaired) electrons. The van der Waals surface area contributed by atoms with Crippen molar-refractivity contribution >= 4 is 11.9 Å². The Morgan fingerprint density at radius 3 is 1.49 bits per heavy atom. The molecular weight excluding hydrogens is 582 g/mol. The van der Waals surface area contributed by atoms with Crippen molar-refractivity contribution in [2.24, 2.45) is 0 Å². The first-order valence-corrected chi connectivity index (χ1v) is 12.8. The Hall–Kier alpha value is -4.16. The number of alkyl halides is 6. The Kier molecular flexibility index (Phi) is 10.8. The number of carbonyl (C=O) groups is 2. The van der Waals surface area contributed by atoms with Gasteiger partial charge in [0.15, 0.2) is 0 Å². The molecule has 230 valence electrons. The highest BCUT2D eigenvalue weighted by atomic mass is 19.4. The van der Waals surface area contributed by atoms with Gasteiger partial charge in [0.05, 0.1) is 0 Å². The zero-order valence-corrected chi connectivity index (χ0v) is 23.0. The summed E-state index contributed by atoms with van der Waals surface area (Å²) in [6.45, 7) is -0.642. The minimum atomic E-state index is -5.20. The van der Waals surface area contributed by atoms with Crippen molar-refractivity contribution < 1.29 is 54.9 Å². The maximum atomic E-state index is 14.3. The topological polar surface area (TPSA) is 71.1 Å². The summed E-state index contributed by atoms with van der Waals surface area (Å²) in [5, 5.41) is 0. The van der Waals surface area contributed by atoms with Gasteiger partial charge in [0.25, 0.3) is 11.2 Å². The van der Waals surface area contributed by atoms with Crippen LogP contribution in [0.15, 0.2) is 103 Å². The molecule has 3 aromatic carbocycles. The van der Waals surface area contributed by atoms with E-state index in [4.69, 9.17) is 14.2 Å². The average molecular weight is 611 g/mol. The van der Waals surface area contributed by atoms with E-state index in [1.807, 2.05) is 0 Å². The smallest absolute Gasteiger partial charge is 0.432 e. The summed E-state index contributed by atoms with van der Waals surface area (Å²) in [5.41, 5.74) is -7.46. The van der Waals surface area contributed by atoms with Crippen molar-refractivity contribution in [3.05, 3.63) is 120 Å². The van der Waals surface area contributed by atoms with Crippen LogP contribution < -0.4 is 0 Å². The maximum absolute atomic E-state index is 14.3. The molecule has 0 aliphatic carbocycles. The van der Waals surface area contributed by atoms with Crippen molar-refractivity contribution in [2.45, 2.75) is 36.1 Å². The summed E-state index contributed by atoms with van der Waals surface area (Å²) in [4.78, 5) is 25.9. The van der Waals surface area contributed by atoms with E-state index in [1.54, 1.807) is 18.2 Å². The monoisotopic (exact) mass is 610 g/mol. The highest BCUT2D eigenvalue weighted by Gasteiger charge is 2.65. The van der Waals surface area contributed by atoms with E-state index in [2.05, 4.69) is 4.74 Å². The molecule has 3 atom stereocenters. The van der Waals surface area contributed by atoms with E-state index < -0.39 is 59.3 Å². The Labute approximate surface area is 243 Å². The number of hydrogen-bond acceptors (Lipinski definition) is 6. The van der Waals surface area contributed by atoms with Gasteiger partial charge in [0, 0.05) is 31.8 Å². The van der Waals surface area contributed by atoms with Crippen molar-refractivity contribution in [3.8, 4) is 0 Å². The standard InChI is InChI=1S/C31H28F6O6/c1-40-28(30(32,33)34,23-16-8-4-9-17-23)26(38)42-21-13-12-20-25(22-14-6-3-7-15-22)43-27(39)29(41-2,31(35,36)37)24-18-10-5-11-19-24/h3-19,25H,20-21H2,1-2H3/b13-12-/t25-,28+,29+/m0/s1. The number of carbonyl (C=O) groups excluding carboxylic acids is 2. The molecule has 0 aliphatic heterocycles. The van der Waals surface area contributed by atoms with Crippen LogP contribution in [0.3, 0.4) is 0 Å². The number of methoxy groups -OCH3 is 2. The molecule has 0 bridgehead atoms. The molecule has 0 spiro atoms. The van der Waals surface area contributed by atoms with Crippen LogP contribution in [0.25, 0.3) is 0 Å². The van der Waals surface area contributed by atoms with E-state index in [-0.39, 0.29) is 6.42 Å². The fourth-order valence-electron chi connectivity index (χ4n) is 4.42. The van der Waals surface area contributed by atoms with Gasteiger partial charge in [-0.25, -0.2) is 9.59 Å². The second kappa shape index (κ2) is 13.9. The molecule has 0 aliphatic rings. The zero-order valence-electron chi connectivity index (χ0n) is 23.0. The third-order valence-electron chi connectivity index (χ3n) is 6.59. The van der Waals surface area contributed by atoms with Gasteiger partial charge in [-0.3, -0.25) is 0 Å². The van der Waals surface area contributed by atoms with Gasteiger partial charge in [0.2, 0.25) is 0 Å². The number of benzene rings is 3. The first-order valence-electron chi connectivity index (χ1n) is 12.8. The summed E-state index contributed by atoms with van der Waals surface area (Å²) in [6, 6.07) is 20.3. The van der Waals surface area contributed by atoms with Crippen LogP contribution in [0, 0.1) is 0 Å². The molecule has 0 fully saturated rings. The highest BCUT2D eigenvalue weighted by molar-refractivity contribution is 5.83. The second-order valence-corrected chi connectivity index (χ2v) is 9.11. The number of esters is 2. The van der Waals surface area contributed by atoms with E-state index in [0.717, 1.165) is 38.5 Å². The SMILES string of the molecule is CO[C@@](C(=O)OC/C=C\C[C@H](OC(=O)[C@](OC)(c1ccccc1)C(F)(F)F)c1ccccc1)(c1ccccc1)C(F)(F)F. The lowest BCUT2D eigenvalue weighted by atomic mass is 9.92. The minimum Gasteiger partial charge on any atom is -0.459 e. The maximum Gasteiger partial charge on any atom is 0.432 e. The van der Waals surface area contributed by atoms with Gasteiger partial charge in [-0.05, 0) is 5.56 Å². The molecule has 0 unspecified atom stereocenters. The van der Waals surface area contributed by atoms with Crippen molar-refractivity contribution in [1.29, 1.82) is 0 Å². The predicted octanol–water partition coefficient (Wildman–Crippen LogP) is 6.97. The Morgan fingerprint density at radius 2 is 1.07 bits per heavy atom. The van der Waals surface area contributed by atoms with E-state index in [0.29, 0.717) is 5.56 Å². The van der Waals surface area contributed by atoms with Gasteiger partial charge in [-0.15, -0.1) is 0 Å². The quantitative estimate of drug-likeness (QED) is 0.125. The van der Waals surface area contributed by atoms with Gasteiger partial charge >= 0.3 is 24.3 Å². The summed E-state index contributed by atoms with van der Waals surface area (Å²) in [5.74, 6) is -3.44. The minimum absolute atomic E-state index is 0.215. The third-order valence-corrected chi connectivity index (χ3v) is 6.59. The third kappa shape index (κ3) is 6.91. The van der Waals surface area contributed by atoms with E-state index in [1.165, 1.54) is 60.7 Å². The molecule has 12 heteroatoms. The number of ether oxygens (including phenoxy) is 4. The lowest BCUT2D eigenvalue weighted by Gasteiger charge is -2.33. The predicted molar refractivity (Wildman–Crippen MR) is 142 cm³/mol. The molecular formula is C31H28F6O6. The van der Waals surface area contributed by atoms with E-state index >= 15 is 0 Å². The van der Waals surface area contributed by atoms with Crippen LogP contribution in [0.1, 0.15) is 29.2 Å². The first-order chi connectivity index (χ1) is 20.3. The molecule has 0 heterocycles.